The Morgan fingerprint density at radius 2 is 1.88 bits per heavy atom. The zero-order valence-corrected chi connectivity index (χ0v) is 16.4. The van der Waals surface area contributed by atoms with Crippen LogP contribution in [0.3, 0.4) is 0 Å². The Bertz CT molecular complexity index is 731. The first kappa shape index (κ1) is 18.9. The smallest absolute Gasteiger partial charge is 0.165 e. The maximum absolute atomic E-state index is 11.0. The maximum atomic E-state index is 11.0. The lowest BCUT2D eigenvalue weighted by atomic mass is 9.87. The van der Waals surface area contributed by atoms with Gasteiger partial charge in [-0.05, 0) is 71.8 Å². The molecule has 1 aromatic heterocycles. The van der Waals surface area contributed by atoms with Gasteiger partial charge in [-0.1, -0.05) is 12.1 Å². The summed E-state index contributed by atoms with van der Waals surface area (Å²) in [6, 6.07) is 7.89. The topological polar surface area (TPSA) is 63.4 Å². The fourth-order valence-electron chi connectivity index (χ4n) is 3.77. The number of aliphatic hydroxyl groups is 1. The summed E-state index contributed by atoms with van der Waals surface area (Å²) in [5.74, 6) is 1.55. The Kier molecular flexibility index (Phi) is 5.08. The summed E-state index contributed by atoms with van der Waals surface area (Å²) >= 11 is 0. The molecule has 1 N–H and O–H groups in total. The number of hydrogen-bond donors (Lipinski definition) is 1. The van der Waals surface area contributed by atoms with E-state index < -0.39 is 5.60 Å². The largest absolute Gasteiger partial charge is 0.486 e. The average Bonchev–Trinajstić information content (AvgIpc) is 3.21. The lowest BCUT2D eigenvalue weighted by molar-refractivity contribution is -0.0153. The van der Waals surface area contributed by atoms with Crippen LogP contribution in [-0.2, 0) is 17.7 Å². The van der Waals surface area contributed by atoms with Crippen molar-refractivity contribution in [1.82, 2.24) is 19.7 Å². The van der Waals surface area contributed by atoms with Gasteiger partial charge in [0.05, 0.1) is 5.54 Å². The molecule has 2 heterocycles. The van der Waals surface area contributed by atoms with Gasteiger partial charge in [0.2, 0.25) is 0 Å². The summed E-state index contributed by atoms with van der Waals surface area (Å²) in [6.07, 6.45) is 3.71. The van der Waals surface area contributed by atoms with Gasteiger partial charge in [-0.2, -0.15) is 5.10 Å². The molecule has 1 aliphatic rings. The van der Waals surface area contributed by atoms with E-state index >= 15 is 0 Å². The lowest BCUT2D eigenvalue weighted by Crippen LogP contribution is -2.43. The first-order chi connectivity index (χ1) is 12.2. The van der Waals surface area contributed by atoms with Crippen molar-refractivity contribution in [2.45, 2.75) is 64.3 Å². The number of hydrogen-bond acceptors (Lipinski definition) is 5. The van der Waals surface area contributed by atoms with Crippen molar-refractivity contribution in [3.05, 3.63) is 42.0 Å². The fourth-order valence-corrected chi connectivity index (χ4v) is 3.77. The van der Waals surface area contributed by atoms with Gasteiger partial charge in [-0.3, -0.25) is 0 Å². The predicted molar refractivity (Wildman–Crippen MR) is 101 cm³/mol. The van der Waals surface area contributed by atoms with Crippen molar-refractivity contribution in [1.29, 1.82) is 0 Å². The van der Waals surface area contributed by atoms with Crippen LogP contribution in [0.4, 0.5) is 0 Å². The van der Waals surface area contributed by atoms with Gasteiger partial charge < -0.3 is 14.7 Å². The van der Waals surface area contributed by atoms with Crippen LogP contribution in [0.25, 0.3) is 0 Å². The average molecular weight is 358 g/mol. The molecule has 0 saturated carbocycles. The molecule has 1 aliphatic heterocycles. The summed E-state index contributed by atoms with van der Waals surface area (Å²) in [5.41, 5.74) is -0.0807. The molecule has 3 rings (SSSR count). The zero-order valence-electron chi connectivity index (χ0n) is 16.4. The third kappa shape index (κ3) is 3.76. The zero-order chi connectivity index (χ0) is 18.9. The highest BCUT2D eigenvalue weighted by atomic mass is 16.5. The van der Waals surface area contributed by atoms with Crippen molar-refractivity contribution in [3.8, 4) is 5.75 Å². The number of aromatic nitrogens is 3. The summed E-state index contributed by atoms with van der Waals surface area (Å²) in [7, 11) is 2.08. The molecule has 0 bridgehead atoms. The van der Waals surface area contributed by atoms with E-state index in [0.717, 1.165) is 36.5 Å². The molecule has 1 fully saturated rings. The number of rotatable bonds is 5. The molecule has 6 heteroatoms. The minimum absolute atomic E-state index is 0.134. The van der Waals surface area contributed by atoms with Crippen LogP contribution in [0, 0.1) is 0 Å². The summed E-state index contributed by atoms with van der Waals surface area (Å²) < 4.78 is 7.76. The molecular formula is C20H30N4O2. The number of likely N-dealkylation sites (tertiary alicyclic amines) is 1. The van der Waals surface area contributed by atoms with Crippen LogP contribution in [0.5, 0.6) is 5.75 Å². The van der Waals surface area contributed by atoms with E-state index in [9.17, 15) is 5.11 Å². The lowest BCUT2D eigenvalue weighted by Gasteiger charge is -2.35. The predicted octanol–water partition coefficient (Wildman–Crippen LogP) is 2.91. The third-order valence-corrected chi connectivity index (χ3v) is 5.23. The molecule has 26 heavy (non-hydrogen) atoms. The van der Waals surface area contributed by atoms with E-state index in [2.05, 4.69) is 42.8 Å². The van der Waals surface area contributed by atoms with E-state index in [1.807, 2.05) is 35.9 Å². The van der Waals surface area contributed by atoms with Crippen molar-refractivity contribution in [2.75, 3.05) is 13.6 Å². The Balaban J connectivity index is 1.68. The molecule has 2 atom stereocenters. The molecular weight excluding hydrogens is 328 g/mol. The quantitative estimate of drug-likeness (QED) is 0.890. The number of likely N-dealkylation sites (N-methyl/N-ethyl adjacent to an activating group) is 1. The van der Waals surface area contributed by atoms with Crippen molar-refractivity contribution in [2.24, 2.45) is 0 Å². The summed E-state index contributed by atoms with van der Waals surface area (Å²) in [4.78, 5) is 6.54. The molecule has 0 radical (unpaired) electrons. The fraction of sp³-hybridized carbons (Fsp3) is 0.600. The highest BCUT2D eigenvalue weighted by Gasteiger charge is 2.38. The van der Waals surface area contributed by atoms with Crippen molar-refractivity contribution >= 4 is 0 Å². The van der Waals surface area contributed by atoms with Gasteiger partial charge in [-0.25, -0.2) is 9.67 Å². The van der Waals surface area contributed by atoms with Crippen molar-refractivity contribution in [3.63, 3.8) is 0 Å². The molecule has 2 aromatic rings. The third-order valence-electron chi connectivity index (χ3n) is 5.23. The van der Waals surface area contributed by atoms with Crippen LogP contribution >= 0.6 is 0 Å². The first-order valence-electron chi connectivity index (χ1n) is 9.25. The molecule has 6 nitrogen and oxygen atoms in total. The highest BCUT2D eigenvalue weighted by molar-refractivity contribution is 5.32. The van der Waals surface area contributed by atoms with Crippen LogP contribution in [0.2, 0.25) is 0 Å². The van der Waals surface area contributed by atoms with Crippen LogP contribution in [0.15, 0.2) is 30.6 Å². The van der Waals surface area contributed by atoms with E-state index in [0.29, 0.717) is 6.61 Å². The van der Waals surface area contributed by atoms with Gasteiger partial charge in [0.1, 0.15) is 24.3 Å². The van der Waals surface area contributed by atoms with Crippen LogP contribution < -0.4 is 4.74 Å². The van der Waals surface area contributed by atoms with Crippen molar-refractivity contribution < 1.29 is 9.84 Å². The van der Waals surface area contributed by atoms with Crippen LogP contribution in [0.1, 0.15) is 51.9 Å². The normalized spacial score (nSPS) is 20.9. The Labute approximate surface area is 155 Å². The second kappa shape index (κ2) is 7.00. The summed E-state index contributed by atoms with van der Waals surface area (Å²) in [5, 5.41) is 15.3. The van der Waals surface area contributed by atoms with E-state index in [-0.39, 0.29) is 11.6 Å². The Morgan fingerprint density at radius 3 is 2.46 bits per heavy atom. The maximum Gasteiger partial charge on any atom is 0.165 e. The second-order valence-electron chi connectivity index (χ2n) is 8.36. The van der Waals surface area contributed by atoms with Gasteiger partial charge in [-0.15, -0.1) is 0 Å². The van der Waals surface area contributed by atoms with E-state index in [1.165, 1.54) is 0 Å². The Morgan fingerprint density at radius 1 is 1.19 bits per heavy atom. The standard InChI is InChI=1S/C20H30N4O2/c1-19(2,3)24-18(21-14-22-24)13-26-16-10-8-15(9-11-16)20(4,25)17-7-6-12-23(17)5/h8-11,14,17,25H,6-7,12-13H2,1-5H3/t17-,20?/m1/s1. The molecule has 0 spiro atoms. The van der Waals surface area contributed by atoms with Gasteiger partial charge >= 0.3 is 0 Å². The molecule has 142 valence electrons. The SMILES string of the molecule is CN1CCC[C@@H]1C(C)(O)c1ccc(OCc2ncnn2C(C)(C)C)cc1. The minimum atomic E-state index is -0.865. The highest BCUT2D eigenvalue weighted by Crippen LogP contribution is 2.34. The number of nitrogens with zero attached hydrogens (tertiary/aromatic N) is 4. The monoisotopic (exact) mass is 358 g/mol. The van der Waals surface area contributed by atoms with Gasteiger partial charge in [0.15, 0.2) is 5.82 Å². The van der Waals surface area contributed by atoms with Crippen LogP contribution in [-0.4, -0.2) is 44.4 Å². The first-order valence-corrected chi connectivity index (χ1v) is 9.25. The molecule has 1 aromatic carbocycles. The number of ether oxygens (including phenoxy) is 1. The van der Waals surface area contributed by atoms with E-state index in [4.69, 9.17) is 4.74 Å². The summed E-state index contributed by atoms with van der Waals surface area (Å²) in [6.45, 7) is 9.56. The van der Waals surface area contributed by atoms with E-state index in [1.54, 1.807) is 6.33 Å². The molecule has 0 amide bonds. The molecule has 0 aliphatic carbocycles. The van der Waals surface area contributed by atoms with Gasteiger partial charge in [0, 0.05) is 6.04 Å². The molecule has 1 unspecified atom stereocenters. The number of benzene rings is 1. The Hall–Kier alpha value is -1.92. The molecule has 1 saturated heterocycles. The van der Waals surface area contributed by atoms with Gasteiger partial charge in [0.25, 0.3) is 0 Å². The minimum Gasteiger partial charge on any atom is -0.486 e. The second-order valence-corrected chi connectivity index (χ2v) is 8.36.